The Hall–Kier alpha value is -3.01. The predicted octanol–water partition coefficient (Wildman–Crippen LogP) is 2.77. The van der Waals surface area contributed by atoms with Crippen molar-refractivity contribution in [2.75, 3.05) is 19.7 Å². The van der Waals surface area contributed by atoms with E-state index in [1.165, 1.54) is 6.07 Å². The quantitative estimate of drug-likeness (QED) is 0.459. The molecular formula is C24H32FN5O4. The van der Waals surface area contributed by atoms with Crippen molar-refractivity contribution >= 4 is 11.9 Å². The van der Waals surface area contributed by atoms with Crippen LogP contribution in [0.2, 0.25) is 0 Å². The second-order valence-electron chi connectivity index (χ2n) is 9.22. The normalized spacial score (nSPS) is 18.0. The summed E-state index contributed by atoms with van der Waals surface area (Å²) in [6, 6.07) is 4.18. The summed E-state index contributed by atoms with van der Waals surface area (Å²) in [6.07, 6.45) is 6.88. The smallest absolute Gasteiger partial charge is 0.324 e. The molecule has 2 heterocycles. The number of urea groups is 1. The highest BCUT2D eigenvalue weighted by Gasteiger charge is 2.31. The summed E-state index contributed by atoms with van der Waals surface area (Å²) in [5.41, 5.74) is 0.193. The molecule has 3 amide bonds. The minimum atomic E-state index is -1.26. The van der Waals surface area contributed by atoms with Crippen LogP contribution in [-0.4, -0.2) is 56.6 Å². The summed E-state index contributed by atoms with van der Waals surface area (Å²) >= 11 is 0. The summed E-state index contributed by atoms with van der Waals surface area (Å²) in [6.45, 7) is 3.56. The molecular weight excluding hydrogens is 441 g/mol. The molecule has 0 bridgehead atoms. The summed E-state index contributed by atoms with van der Waals surface area (Å²) < 4.78 is 21.6. The number of ether oxygens (including phenoxy) is 1. The van der Waals surface area contributed by atoms with Crippen molar-refractivity contribution < 1.29 is 23.8 Å². The van der Waals surface area contributed by atoms with Crippen molar-refractivity contribution in [1.82, 2.24) is 25.2 Å². The first-order valence-electron chi connectivity index (χ1n) is 12.0. The number of aromatic nitrogens is 3. The number of hydrogen-bond donors (Lipinski definition) is 2. The van der Waals surface area contributed by atoms with Gasteiger partial charge in [-0.05, 0) is 62.1 Å². The van der Waals surface area contributed by atoms with E-state index in [2.05, 4.69) is 15.6 Å². The number of nitrogens with one attached hydrogen (secondary N) is 1. The average molecular weight is 474 g/mol. The molecule has 1 atom stereocenters. The van der Waals surface area contributed by atoms with Gasteiger partial charge in [-0.25, -0.2) is 13.9 Å². The topological polar surface area (TPSA) is 110 Å². The first-order chi connectivity index (χ1) is 16.4. The van der Waals surface area contributed by atoms with Gasteiger partial charge in [-0.1, -0.05) is 18.2 Å². The summed E-state index contributed by atoms with van der Waals surface area (Å²) in [4.78, 5) is 24.7. The maximum atomic E-state index is 14.2. The van der Waals surface area contributed by atoms with E-state index in [1.54, 1.807) is 27.9 Å². The summed E-state index contributed by atoms with van der Waals surface area (Å²) in [5.74, 6) is -0.00501. The number of unbranched alkanes of at least 4 members (excludes halogenated alkanes) is 1. The SMILES string of the molecule is CC[C@@](O)(Cn1nncc1CCCCN1CCC(=O)NC1=O)c1ccc(F)c(OCC2CC2)c1. The third kappa shape index (κ3) is 5.91. The van der Waals surface area contributed by atoms with Gasteiger partial charge in [-0.3, -0.25) is 10.1 Å². The number of aryl methyl sites for hydroxylation is 1. The van der Waals surface area contributed by atoms with Gasteiger partial charge >= 0.3 is 6.03 Å². The molecule has 0 radical (unpaired) electrons. The molecule has 1 aliphatic carbocycles. The van der Waals surface area contributed by atoms with E-state index in [4.69, 9.17) is 4.74 Å². The summed E-state index contributed by atoms with van der Waals surface area (Å²) in [5, 5.41) is 21.9. The zero-order valence-corrected chi connectivity index (χ0v) is 19.5. The highest BCUT2D eigenvalue weighted by Crippen LogP contribution is 2.33. The number of hydrogen-bond acceptors (Lipinski definition) is 6. The fraction of sp³-hybridized carbons (Fsp3) is 0.583. The largest absolute Gasteiger partial charge is 0.490 e. The fourth-order valence-electron chi connectivity index (χ4n) is 4.08. The Labute approximate surface area is 198 Å². The molecule has 2 N–H and O–H groups in total. The lowest BCUT2D eigenvalue weighted by atomic mass is 9.90. The minimum Gasteiger partial charge on any atom is -0.490 e. The van der Waals surface area contributed by atoms with Crippen LogP contribution in [0.25, 0.3) is 0 Å². The Morgan fingerprint density at radius 3 is 2.85 bits per heavy atom. The van der Waals surface area contributed by atoms with Gasteiger partial charge in [0.15, 0.2) is 11.6 Å². The van der Waals surface area contributed by atoms with Crippen LogP contribution in [0, 0.1) is 11.7 Å². The minimum absolute atomic E-state index is 0.165. The second-order valence-corrected chi connectivity index (χ2v) is 9.22. The van der Waals surface area contributed by atoms with Crippen LogP contribution in [-0.2, 0) is 23.4 Å². The van der Waals surface area contributed by atoms with E-state index in [1.807, 2.05) is 6.92 Å². The molecule has 1 aromatic carbocycles. The second kappa shape index (κ2) is 10.5. The highest BCUT2D eigenvalue weighted by atomic mass is 19.1. The number of carbonyl (C=O) groups excluding carboxylic acids is 2. The van der Waals surface area contributed by atoms with Crippen molar-refractivity contribution in [2.24, 2.45) is 5.92 Å². The molecule has 9 nitrogen and oxygen atoms in total. The van der Waals surface area contributed by atoms with Gasteiger partial charge in [-0.15, -0.1) is 5.10 Å². The number of benzene rings is 1. The van der Waals surface area contributed by atoms with Crippen molar-refractivity contribution in [3.63, 3.8) is 0 Å². The number of rotatable bonds is 12. The van der Waals surface area contributed by atoms with Crippen LogP contribution in [0.1, 0.15) is 56.7 Å². The molecule has 1 saturated carbocycles. The molecule has 1 saturated heterocycles. The van der Waals surface area contributed by atoms with E-state index in [0.29, 0.717) is 50.4 Å². The van der Waals surface area contributed by atoms with E-state index < -0.39 is 11.4 Å². The molecule has 4 rings (SSSR count). The van der Waals surface area contributed by atoms with Crippen LogP contribution in [0.15, 0.2) is 24.4 Å². The Morgan fingerprint density at radius 1 is 1.29 bits per heavy atom. The molecule has 2 aromatic rings. The van der Waals surface area contributed by atoms with Crippen molar-refractivity contribution in [2.45, 2.75) is 64.0 Å². The van der Waals surface area contributed by atoms with Gasteiger partial charge < -0.3 is 14.7 Å². The molecule has 10 heteroatoms. The van der Waals surface area contributed by atoms with Gasteiger partial charge in [0.25, 0.3) is 0 Å². The van der Waals surface area contributed by atoms with Crippen LogP contribution in [0.5, 0.6) is 5.75 Å². The number of carbonyl (C=O) groups is 2. The lowest BCUT2D eigenvalue weighted by Crippen LogP contribution is -2.49. The van der Waals surface area contributed by atoms with E-state index in [9.17, 15) is 19.1 Å². The third-order valence-corrected chi connectivity index (χ3v) is 6.59. The maximum absolute atomic E-state index is 14.2. The maximum Gasteiger partial charge on any atom is 0.324 e. The number of imide groups is 1. The lowest BCUT2D eigenvalue weighted by Gasteiger charge is -2.28. The zero-order valence-electron chi connectivity index (χ0n) is 19.5. The van der Waals surface area contributed by atoms with Crippen LogP contribution >= 0.6 is 0 Å². The van der Waals surface area contributed by atoms with Crippen molar-refractivity contribution in [1.29, 1.82) is 0 Å². The van der Waals surface area contributed by atoms with Gasteiger partial charge in [0.05, 0.1) is 25.0 Å². The average Bonchev–Trinajstić information content (AvgIpc) is 3.55. The molecule has 1 aliphatic heterocycles. The van der Waals surface area contributed by atoms with Crippen molar-refractivity contribution in [3.05, 3.63) is 41.5 Å². The monoisotopic (exact) mass is 473 g/mol. The van der Waals surface area contributed by atoms with Gasteiger partial charge in [-0.2, -0.15) is 0 Å². The molecule has 0 spiro atoms. The first kappa shape index (κ1) is 24.1. The Kier molecular flexibility index (Phi) is 7.45. The van der Waals surface area contributed by atoms with Gasteiger partial charge in [0.1, 0.15) is 5.60 Å². The zero-order chi connectivity index (χ0) is 24.1. The van der Waals surface area contributed by atoms with Gasteiger partial charge in [0.2, 0.25) is 5.91 Å². The number of aliphatic hydroxyl groups is 1. The molecule has 1 aromatic heterocycles. The molecule has 2 aliphatic rings. The Bertz CT molecular complexity index is 1020. The van der Waals surface area contributed by atoms with Gasteiger partial charge in [0, 0.05) is 19.5 Å². The lowest BCUT2D eigenvalue weighted by molar-refractivity contribution is -0.121. The predicted molar refractivity (Wildman–Crippen MR) is 121 cm³/mol. The van der Waals surface area contributed by atoms with Crippen molar-refractivity contribution in [3.8, 4) is 5.75 Å². The van der Waals surface area contributed by atoms with Crippen LogP contribution in [0.4, 0.5) is 9.18 Å². The summed E-state index contributed by atoms with van der Waals surface area (Å²) in [7, 11) is 0. The van der Waals surface area contributed by atoms with Crippen LogP contribution < -0.4 is 10.1 Å². The number of halogens is 1. The first-order valence-corrected chi connectivity index (χ1v) is 12.0. The van der Waals surface area contributed by atoms with E-state index in [-0.39, 0.29) is 24.2 Å². The third-order valence-electron chi connectivity index (χ3n) is 6.59. The number of nitrogens with zero attached hydrogens (tertiary/aromatic N) is 4. The molecule has 2 fully saturated rings. The standard InChI is InChI=1S/C24H32FN5O4/c1-2-24(33,18-8-9-20(25)21(13-18)34-15-17-6-7-17)16-30-19(14-26-28-30)5-3-4-11-29-12-10-22(31)27-23(29)32/h8-9,13-14,17,33H,2-7,10-12,15-16H2,1H3,(H,27,31,32)/t24-/m1/s1. The molecule has 34 heavy (non-hydrogen) atoms. The Morgan fingerprint density at radius 2 is 2.12 bits per heavy atom. The van der Waals surface area contributed by atoms with E-state index in [0.717, 1.165) is 31.4 Å². The molecule has 184 valence electrons. The molecule has 0 unspecified atom stereocenters. The Balaban J connectivity index is 1.35. The highest BCUT2D eigenvalue weighted by molar-refractivity contribution is 5.96. The number of amides is 3. The van der Waals surface area contributed by atoms with Crippen LogP contribution in [0.3, 0.4) is 0 Å². The fourth-order valence-corrected chi connectivity index (χ4v) is 4.08. The van der Waals surface area contributed by atoms with E-state index >= 15 is 0 Å².